The van der Waals surface area contributed by atoms with E-state index < -0.39 is 55.4 Å². The zero-order valence-corrected chi connectivity index (χ0v) is 24.2. The lowest BCUT2D eigenvalue weighted by Gasteiger charge is -2.39. The summed E-state index contributed by atoms with van der Waals surface area (Å²) in [6.45, 7) is 10.2. The number of nitrogens with zero attached hydrogens (tertiary/aromatic N) is 1. The summed E-state index contributed by atoms with van der Waals surface area (Å²) in [5.74, 6) is -3.19. The number of carboxylic acid groups (broad SMARTS) is 1. The molecule has 1 heterocycles. The van der Waals surface area contributed by atoms with Crippen molar-refractivity contribution in [2.45, 2.75) is 71.6 Å². The zero-order chi connectivity index (χ0) is 29.4. The number of ether oxygens (including phenoxy) is 2. The average molecular weight is 564 g/mol. The third-order valence-corrected chi connectivity index (χ3v) is 7.03. The minimum absolute atomic E-state index is 0.0306. The van der Waals surface area contributed by atoms with E-state index in [0.717, 1.165) is 5.56 Å². The highest BCUT2D eigenvalue weighted by molar-refractivity contribution is 7.25. The predicted molar refractivity (Wildman–Crippen MR) is 147 cm³/mol. The van der Waals surface area contributed by atoms with Gasteiger partial charge in [0.05, 0.1) is 20.4 Å². The van der Waals surface area contributed by atoms with Crippen LogP contribution < -0.4 is 10.6 Å². The third kappa shape index (κ3) is 9.37. The van der Waals surface area contributed by atoms with Gasteiger partial charge in [-0.15, -0.1) is 0 Å². The molecule has 39 heavy (non-hydrogen) atoms. The fourth-order valence-electron chi connectivity index (χ4n) is 4.04. The lowest BCUT2D eigenvalue weighted by atomic mass is 9.84. The lowest BCUT2D eigenvalue weighted by Crippen LogP contribution is -2.58. The van der Waals surface area contributed by atoms with Gasteiger partial charge in [-0.2, -0.15) is 0 Å². The Morgan fingerprint density at radius 2 is 1.72 bits per heavy atom. The molecule has 4 unspecified atom stereocenters. The number of amides is 2. The van der Waals surface area contributed by atoms with E-state index >= 15 is 0 Å². The van der Waals surface area contributed by atoms with Gasteiger partial charge in [-0.3, -0.25) is 10.1 Å². The number of anilines is 1. The molecule has 12 heteroatoms. The smallest absolute Gasteiger partial charge is 0.413 e. The first-order valence-electron chi connectivity index (χ1n) is 12.5. The van der Waals surface area contributed by atoms with Gasteiger partial charge in [0, 0.05) is 6.20 Å². The maximum atomic E-state index is 12.6. The van der Waals surface area contributed by atoms with E-state index in [0.29, 0.717) is 11.1 Å². The number of pyridine rings is 1. The van der Waals surface area contributed by atoms with Crippen molar-refractivity contribution in [3.05, 3.63) is 59.3 Å². The molecule has 214 valence electrons. The summed E-state index contributed by atoms with van der Waals surface area (Å²) in [4.78, 5) is 41.2. The SMILES string of the molecule is Cc1cc(CC(C(=O)O)C(O)([PH2]=O)C(NC(=O)OCc2ccccc2)C(C)C)cnc1NC(=O)OC(C)(C)C. The number of alkyl carbamates (subject to hydrolysis) is 1. The highest BCUT2D eigenvalue weighted by Gasteiger charge is 2.49. The van der Waals surface area contributed by atoms with Crippen molar-refractivity contribution in [2.24, 2.45) is 11.8 Å². The normalized spacial score (nSPS) is 14.9. The Labute approximate surface area is 229 Å². The Kier molecular flexibility index (Phi) is 11.1. The molecule has 2 rings (SSSR count). The molecular formula is C27H38N3O8P. The zero-order valence-electron chi connectivity index (χ0n) is 23.1. The predicted octanol–water partition coefficient (Wildman–Crippen LogP) is 4.38. The molecule has 0 radical (unpaired) electrons. The van der Waals surface area contributed by atoms with Gasteiger partial charge in [0.25, 0.3) is 0 Å². The molecule has 0 aliphatic rings. The van der Waals surface area contributed by atoms with Crippen LogP contribution in [0, 0.1) is 18.8 Å². The maximum absolute atomic E-state index is 12.6. The Hall–Kier alpha value is -3.43. The number of aliphatic carboxylic acids is 1. The number of hydrogen-bond donors (Lipinski definition) is 4. The molecule has 1 aromatic heterocycles. The molecule has 4 atom stereocenters. The van der Waals surface area contributed by atoms with Crippen LogP contribution >= 0.6 is 8.46 Å². The molecule has 0 bridgehead atoms. The number of rotatable bonds is 11. The monoisotopic (exact) mass is 563 g/mol. The number of carboxylic acids is 1. The molecule has 2 aromatic rings. The van der Waals surface area contributed by atoms with E-state index in [2.05, 4.69) is 15.6 Å². The largest absolute Gasteiger partial charge is 0.481 e. The van der Waals surface area contributed by atoms with Gasteiger partial charge in [-0.1, -0.05) is 50.2 Å². The fourth-order valence-corrected chi connectivity index (χ4v) is 5.08. The summed E-state index contributed by atoms with van der Waals surface area (Å²) < 4.78 is 22.9. The van der Waals surface area contributed by atoms with Crippen LogP contribution in [0.25, 0.3) is 0 Å². The van der Waals surface area contributed by atoms with Gasteiger partial charge in [0.1, 0.15) is 23.4 Å². The molecule has 2 amide bonds. The Balaban J connectivity index is 2.23. The van der Waals surface area contributed by atoms with Crippen molar-refractivity contribution < 1.29 is 38.6 Å². The molecule has 0 aliphatic heterocycles. The van der Waals surface area contributed by atoms with Crippen molar-refractivity contribution in [2.75, 3.05) is 5.32 Å². The van der Waals surface area contributed by atoms with E-state index in [9.17, 15) is 29.2 Å². The third-order valence-electron chi connectivity index (χ3n) is 5.89. The van der Waals surface area contributed by atoms with Crippen LogP contribution in [-0.2, 0) is 31.9 Å². The van der Waals surface area contributed by atoms with Crippen LogP contribution in [0.5, 0.6) is 0 Å². The van der Waals surface area contributed by atoms with Gasteiger partial charge in [-0.05, 0) is 56.7 Å². The van der Waals surface area contributed by atoms with Gasteiger partial charge >= 0.3 is 18.2 Å². The minimum atomic E-state index is -2.27. The van der Waals surface area contributed by atoms with E-state index in [1.807, 2.05) is 6.07 Å². The molecule has 11 nitrogen and oxygen atoms in total. The van der Waals surface area contributed by atoms with Crippen molar-refractivity contribution in [1.29, 1.82) is 0 Å². The molecule has 0 saturated heterocycles. The number of aryl methyl sites for hydroxylation is 1. The van der Waals surface area contributed by atoms with Crippen LogP contribution in [0.1, 0.15) is 51.3 Å². The molecular weight excluding hydrogens is 525 g/mol. The molecule has 0 aliphatic carbocycles. The van der Waals surface area contributed by atoms with E-state index in [1.54, 1.807) is 71.9 Å². The second-order valence-electron chi connectivity index (χ2n) is 10.7. The first-order chi connectivity index (χ1) is 18.2. The first-order valence-corrected chi connectivity index (χ1v) is 13.6. The Bertz CT molecular complexity index is 1170. The van der Waals surface area contributed by atoms with Crippen molar-refractivity contribution >= 4 is 32.4 Å². The molecule has 0 spiro atoms. The maximum Gasteiger partial charge on any atom is 0.413 e. The van der Waals surface area contributed by atoms with E-state index in [1.165, 1.54) is 6.20 Å². The number of carbonyl (C=O) groups is 3. The number of aliphatic hydroxyl groups is 1. The fraction of sp³-hybridized carbons (Fsp3) is 0.481. The van der Waals surface area contributed by atoms with Crippen LogP contribution in [0.2, 0.25) is 0 Å². The second-order valence-corrected chi connectivity index (χ2v) is 11.8. The summed E-state index contributed by atoms with van der Waals surface area (Å²) in [5, 5.41) is 24.4. The minimum Gasteiger partial charge on any atom is -0.481 e. The van der Waals surface area contributed by atoms with Crippen LogP contribution in [0.15, 0.2) is 42.6 Å². The van der Waals surface area contributed by atoms with Crippen LogP contribution in [-0.4, -0.2) is 50.3 Å². The van der Waals surface area contributed by atoms with E-state index in [-0.39, 0.29) is 18.8 Å². The van der Waals surface area contributed by atoms with Crippen LogP contribution in [0.3, 0.4) is 0 Å². The average Bonchev–Trinajstić information content (AvgIpc) is 2.84. The summed E-state index contributed by atoms with van der Waals surface area (Å²) in [6.07, 6.45) is -0.431. The topological polar surface area (TPSA) is 164 Å². The Morgan fingerprint density at radius 1 is 1.08 bits per heavy atom. The van der Waals surface area contributed by atoms with Gasteiger partial charge < -0.3 is 29.6 Å². The quantitative estimate of drug-likeness (QED) is 0.291. The number of aromatic nitrogens is 1. The van der Waals surface area contributed by atoms with Crippen molar-refractivity contribution in [3.8, 4) is 0 Å². The number of nitrogens with one attached hydrogen (secondary N) is 2. The van der Waals surface area contributed by atoms with Gasteiger partial charge in [0.2, 0.25) is 0 Å². The second kappa shape index (κ2) is 13.6. The van der Waals surface area contributed by atoms with Crippen molar-refractivity contribution in [3.63, 3.8) is 0 Å². The molecule has 1 aromatic carbocycles. The molecule has 4 N–H and O–H groups in total. The highest BCUT2D eigenvalue weighted by atomic mass is 31.1. The summed E-state index contributed by atoms with van der Waals surface area (Å²) in [6, 6.07) is 9.39. The van der Waals surface area contributed by atoms with Crippen molar-refractivity contribution in [1.82, 2.24) is 10.3 Å². The molecule has 0 saturated carbocycles. The van der Waals surface area contributed by atoms with Gasteiger partial charge in [0.15, 0.2) is 0 Å². The lowest BCUT2D eigenvalue weighted by molar-refractivity contribution is -0.149. The summed E-state index contributed by atoms with van der Waals surface area (Å²) >= 11 is 0. The van der Waals surface area contributed by atoms with E-state index in [4.69, 9.17) is 9.47 Å². The molecule has 0 fully saturated rings. The Morgan fingerprint density at radius 3 is 2.23 bits per heavy atom. The van der Waals surface area contributed by atoms with Crippen LogP contribution in [0.4, 0.5) is 15.4 Å². The highest BCUT2D eigenvalue weighted by Crippen LogP contribution is 2.38. The first kappa shape index (κ1) is 31.8. The standard InChI is InChI=1S/C27H38N3O8P/c1-16(2)21(29-24(33)37-15-18-10-8-7-9-11-18)27(35,39-36)20(23(31)32)13-19-12-17(3)22(28-14-19)30-25(34)38-26(4,5)6/h7-12,14,16,20-21,35H,13,15,39H2,1-6H3,(H,29,33)(H,31,32)(H,28,30,34). The number of benzene rings is 1. The van der Waals surface area contributed by atoms with Gasteiger partial charge in [-0.25, -0.2) is 14.6 Å². The summed E-state index contributed by atoms with van der Waals surface area (Å²) in [5.41, 5.74) is 1.00. The summed E-state index contributed by atoms with van der Waals surface area (Å²) in [7, 11) is -2.07. The number of hydrogen-bond acceptors (Lipinski definition) is 8. The number of carbonyl (C=O) groups excluding carboxylic acids is 2.